The van der Waals surface area contributed by atoms with Crippen LogP contribution in [0.1, 0.15) is 29.6 Å². The highest BCUT2D eigenvalue weighted by Crippen LogP contribution is 2.60. The predicted molar refractivity (Wildman–Crippen MR) is 114 cm³/mol. The third-order valence-corrected chi connectivity index (χ3v) is 10.1. The minimum atomic E-state index is -0.236. The predicted octanol–water partition coefficient (Wildman–Crippen LogP) is 2.88. The molecule has 5 rings (SSSR count). The number of fused-ring (bicyclic) bond motifs is 5. The Balaban J connectivity index is 1.30. The van der Waals surface area contributed by atoms with E-state index < -0.39 is 0 Å². The van der Waals surface area contributed by atoms with Crippen molar-refractivity contribution in [3.8, 4) is 0 Å². The number of hydrogen-bond acceptors (Lipinski definition) is 4. The summed E-state index contributed by atoms with van der Waals surface area (Å²) in [5.41, 5.74) is 1.05. The van der Waals surface area contributed by atoms with Crippen LogP contribution < -0.4 is 10.2 Å². The Labute approximate surface area is 186 Å². The molecule has 1 aromatic carbocycles. The maximum Gasteiger partial charge on any atom is 0.251 e. The van der Waals surface area contributed by atoms with Crippen LogP contribution in [0, 0.1) is 23.7 Å². The van der Waals surface area contributed by atoms with Crippen LogP contribution in [0.4, 0.5) is 5.69 Å². The molecule has 0 aromatic heterocycles. The molecule has 2 heterocycles. The number of ether oxygens (including phenoxy) is 1. The van der Waals surface area contributed by atoms with Gasteiger partial charge < -0.3 is 10.1 Å². The van der Waals surface area contributed by atoms with Gasteiger partial charge in [-0.15, -0.1) is 0 Å². The standard InChI is InChI=1S/C21H22Br2N2O4/c22-17-13-8-14(18(17)23)16-15(13)20(27)25(21(16)28)11-5-3-10(4-6-11)19(26)24-9-12-2-1-7-29-12/h3-6,12-18H,1-2,7-9H2,(H,24,26)/t12-,13+,14+,15-,16+,17-,18+/m1/s1. The number of nitrogens with one attached hydrogen (secondary N) is 1. The lowest BCUT2D eigenvalue weighted by Gasteiger charge is -2.28. The summed E-state index contributed by atoms with van der Waals surface area (Å²) in [6.45, 7) is 1.25. The number of carbonyl (C=O) groups is 3. The summed E-state index contributed by atoms with van der Waals surface area (Å²) in [5.74, 6) is -0.471. The van der Waals surface area contributed by atoms with Gasteiger partial charge in [-0.3, -0.25) is 19.3 Å². The molecule has 2 saturated carbocycles. The molecular formula is C21H22Br2N2O4. The normalized spacial score (nSPS) is 38.0. The molecular weight excluding hydrogens is 504 g/mol. The Bertz CT molecular complexity index is 823. The van der Waals surface area contributed by atoms with Crippen LogP contribution >= 0.6 is 31.9 Å². The number of anilines is 1. The Hall–Kier alpha value is -1.25. The maximum atomic E-state index is 13.1. The monoisotopic (exact) mass is 524 g/mol. The molecule has 2 aliphatic heterocycles. The number of halogens is 2. The Morgan fingerprint density at radius 1 is 1.07 bits per heavy atom. The van der Waals surface area contributed by atoms with E-state index in [1.807, 2.05) is 0 Å². The first-order chi connectivity index (χ1) is 14.0. The molecule has 0 unspecified atom stereocenters. The van der Waals surface area contributed by atoms with E-state index in [9.17, 15) is 14.4 Å². The molecule has 7 atom stereocenters. The van der Waals surface area contributed by atoms with Gasteiger partial charge in [0.1, 0.15) is 0 Å². The van der Waals surface area contributed by atoms with Gasteiger partial charge in [0.15, 0.2) is 0 Å². The first-order valence-electron chi connectivity index (χ1n) is 10.1. The lowest BCUT2D eigenvalue weighted by molar-refractivity contribution is -0.123. The highest BCUT2D eigenvalue weighted by atomic mass is 79.9. The number of amides is 3. The molecule has 0 spiro atoms. The van der Waals surface area contributed by atoms with E-state index in [-0.39, 0.29) is 57.2 Å². The quantitative estimate of drug-likeness (QED) is 0.484. The van der Waals surface area contributed by atoms with Crippen molar-refractivity contribution in [1.29, 1.82) is 0 Å². The van der Waals surface area contributed by atoms with E-state index in [0.29, 0.717) is 17.8 Å². The summed E-state index contributed by atoms with van der Waals surface area (Å²) in [4.78, 5) is 40.3. The van der Waals surface area contributed by atoms with E-state index in [2.05, 4.69) is 37.2 Å². The van der Waals surface area contributed by atoms with Gasteiger partial charge in [0.05, 0.1) is 23.6 Å². The van der Waals surface area contributed by atoms with Gasteiger partial charge in [0.2, 0.25) is 11.8 Å². The molecule has 154 valence electrons. The van der Waals surface area contributed by atoms with Crippen molar-refractivity contribution in [3.63, 3.8) is 0 Å². The number of imide groups is 1. The first-order valence-corrected chi connectivity index (χ1v) is 12.0. The number of nitrogens with zero attached hydrogens (tertiary/aromatic N) is 1. The highest BCUT2D eigenvalue weighted by molar-refractivity contribution is 9.12. The number of benzene rings is 1. The zero-order chi connectivity index (χ0) is 20.3. The topological polar surface area (TPSA) is 75.7 Å². The lowest BCUT2D eigenvalue weighted by atomic mass is 9.81. The number of hydrogen-bond donors (Lipinski definition) is 1. The Morgan fingerprint density at radius 2 is 1.69 bits per heavy atom. The molecule has 4 fully saturated rings. The molecule has 2 saturated heterocycles. The molecule has 6 nitrogen and oxygen atoms in total. The summed E-state index contributed by atoms with van der Waals surface area (Å²) < 4.78 is 5.52. The highest BCUT2D eigenvalue weighted by Gasteiger charge is 2.66. The zero-order valence-corrected chi connectivity index (χ0v) is 18.9. The summed E-state index contributed by atoms with van der Waals surface area (Å²) in [7, 11) is 0. The first kappa shape index (κ1) is 19.7. The zero-order valence-electron chi connectivity index (χ0n) is 15.7. The lowest BCUT2D eigenvalue weighted by Crippen LogP contribution is -2.37. The average Bonchev–Trinajstić information content (AvgIpc) is 3.47. The minimum absolute atomic E-state index is 0.0874. The summed E-state index contributed by atoms with van der Waals surface area (Å²) in [6.07, 6.45) is 3.00. The molecule has 1 N–H and O–H groups in total. The van der Waals surface area contributed by atoms with Crippen molar-refractivity contribution in [2.24, 2.45) is 23.7 Å². The number of carbonyl (C=O) groups excluding carboxylic acids is 3. The summed E-state index contributed by atoms with van der Waals surface area (Å²) in [6, 6.07) is 6.72. The van der Waals surface area contributed by atoms with Crippen LogP contribution in [-0.4, -0.2) is 46.6 Å². The van der Waals surface area contributed by atoms with Crippen LogP contribution in [0.3, 0.4) is 0 Å². The van der Waals surface area contributed by atoms with Crippen molar-refractivity contribution in [3.05, 3.63) is 29.8 Å². The molecule has 29 heavy (non-hydrogen) atoms. The smallest absolute Gasteiger partial charge is 0.251 e. The van der Waals surface area contributed by atoms with Crippen molar-refractivity contribution >= 4 is 55.3 Å². The van der Waals surface area contributed by atoms with Crippen LogP contribution in [0.5, 0.6) is 0 Å². The van der Waals surface area contributed by atoms with Gasteiger partial charge in [0, 0.05) is 28.4 Å². The molecule has 2 aliphatic carbocycles. The Kier molecular flexibility index (Phi) is 5.07. The van der Waals surface area contributed by atoms with E-state index in [1.54, 1.807) is 24.3 Å². The molecule has 2 bridgehead atoms. The van der Waals surface area contributed by atoms with Crippen LogP contribution in [0.2, 0.25) is 0 Å². The number of alkyl halides is 2. The third-order valence-electron chi connectivity index (χ3n) is 6.89. The van der Waals surface area contributed by atoms with Gasteiger partial charge in [-0.1, -0.05) is 31.9 Å². The van der Waals surface area contributed by atoms with Crippen LogP contribution in [-0.2, 0) is 14.3 Å². The molecule has 1 aromatic rings. The van der Waals surface area contributed by atoms with E-state index in [4.69, 9.17) is 4.74 Å². The second kappa shape index (κ2) is 7.46. The SMILES string of the molecule is O=C(NC[C@H]1CCCO1)c1ccc(N2C(=O)[C@@H]3[C@@H]4C[C@H]([C@H](Br)[C@@H]4Br)[C@@H]3C2=O)cc1. The fraction of sp³-hybridized carbons (Fsp3) is 0.571. The van der Waals surface area contributed by atoms with Gasteiger partial charge in [-0.2, -0.15) is 0 Å². The average molecular weight is 526 g/mol. The van der Waals surface area contributed by atoms with Crippen molar-refractivity contribution in [1.82, 2.24) is 5.32 Å². The molecule has 0 radical (unpaired) electrons. The maximum absolute atomic E-state index is 13.1. The largest absolute Gasteiger partial charge is 0.376 e. The third kappa shape index (κ3) is 3.10. The van der Waals surface area contributed by atoms with Crippen molar-refractivity contribution in [2.45, 2.75) is 35.0 Å². The fourth-order valence-corrected chi connectivity index (χ4v) is 7.35. The van der Waals surface area contributed by atoms with Gasteiger partial charge in [0.25, 0.3) is 5.91 Å². The van der Waals surface area contributed by atoms with Crippen molar-refractivity contribution in [2.75, 3.05) is 18.1 Å². The van der Waals surface area contributed by atoms with Crippen molar-refractivity contribution < 1.29 is 19.1 Å². The van der Waals surface area contributed by atoms with Crippen LogP contribution in [0.15, 0.2) is 24.3 Å². The Morgan fingerprint density at radius 3 is 2.24 bits per heavy atom. The second-order valence-electron chi connectivity index (χ2n) is 8.41. The summed E-state index contributed by atoms with van der Waals surface area (Å²) >= 11 is 7.41. The minimum Gasteiger partial charge on any atom is -0.376 e. The van der Waals surface area contributed by atoms with Gasteiger partial charge >= 0.3 is 0 Å². The summed E-state index contributed by atoms with van der Waals surface area (Å²) in [5, 5.41) is 2.89. The molecule has 8 heteroatoms. The van der Waals surface area contributed by atoms with E-state index in [0.717, 1.165) is 25.9 Å². The van der Waals surface area contributed by atoms with E-state index in [1.165, 1.54) is 4.90 Å². The number of rotatable bonds is 4. The molecule has 3 amide bonds. The fourth-order valence-electron chi connectivity index (χ4n) is 5.48. The van der Waals surface area contributed by atoms with Crippen LogP contribution in [0.25, 0.3) is 0 Å². The second-order valence-corrected chi connectivity index (χ2v) is 10.5. The van der Waals surface area contributed by atoms with Gasteiger partial charge in [-0.05, 0) is 55.4 Å². The molecule has 4 aliphatic rings. The van der Waals surface area contributed by atoms with Gasteiger partial charge in [-0.25, -0.2) is 0 Å². The van der Waals surface area contributed by atoms with E-state index >= 15 is 0 Å².